The molecule has 122 valence electrons. The standard InChI is InChI=1S/C18H24N4O/c1-23-16-8-4-5-14(13-16)9-11-19-18-20-12-10-17(22-18)21-15-6-2-3-7-15/h4-5,8,10,12-13,15H,2-3,6-7,9,11H2,1H3,(H2,19,20,21,22). The summed E-state index contributed by atoms with van der Waals surface area (Å²) < 4.78 is 5.25. The second kappa shape index (κ2) is 7.81. The summed E-state index contributed by atoms with van der Waals surface area (Å²) in [6.07, 6.45) is 7.81. The van der Waals surface area contributed by atoms with Gasteiger partial charge in [-0.2, -0.15) is 4.98 Å². The molecule has 0 amide bonds. The molecule has 1 heterocycles. The Morgan fingerprint density at radius 2 is 2.09 bits per heavy atom. The molecule has 1 fully saturated rings. The van der Waals surface area contributed by atoms with Gasteiger partial charge in [0.25, 0.3) is 0 Å². The van der Waals surface area contributed by atoms with E-state index in [1.807, 2.05) is 18.2 Å². The van der Waals surface area contributed by atoms with E-state index in [0.29, 0.717) is 12.0 Å². The molecule has 1 saturated carbocycles. The van der Waals surface area contributed by atoms with Gasteiger partial charge in [-0.3, -0.25) is 0 Å². The van der Waals surface area contributed by atoms with E-state index in [9.17, 15) is 0 Å². The average molecular weight is 312 g/mol. The molecule has 5 heteroatoms. The van der Waals surface area contributed by atoms with E-state index in [-0.39, 0.29) is 0 Å². The van der Waals surface area contributed by atoms with Crippen LogP contribution in [0.25, 0.3) is 0 Å². The zero-order valence-electron chi connectivity index (χ0n) is 13.6. The second-order valence-electron chi connectivity index (χ2n) is 5.92. The first-order chi connectivity index (χ1) is 11.3. The second-order valence-corrected chi connectivity index (χ2v) is 5.92. The van der Waals surface area contributed by atoms with Gasteiger partial charge in [0.2, 0.25) is 5.95 Å². The first-order valence-electron chi connectivity index (χ1n) is 8.30. The number of nitrogens with one attached hydrogen (secondary N) is 2. The maximum absolute atomic E-state index is 5.25. The molecule has 1 aromatic heterocycles. The molecule has 1 aliphatic carbocycles. The summed E-state index contributed by atoms with van der Waals surface area (Å²) in [5.41, 5.74) is 1.23. The lowest BCUT2D eigenvalue weighted by Crippen LogP contribution is -2.16. The van der Waals surface area contributed by atoms with Crippen LogP contribution in [0.3, 0.4) is 0 Å². The van der Waals surface area contributed by atoms with Gasteiger partial charge in [0, 0.05) is 18.8 Å². The van der Waals surface area contributed by atoms with Crippen molar-refractivity contribution in [2.24, 2.45) is 0 Å². The quantitative estimate of drug-likeness (QED) is 0.819. The average Bonchev–Trinajstić information content (AvgIpc) is 3.08. The van der Waals surface area contributed by atoms with E-state index in [1.54, 1.807) is 13.3 Å². The predicted molar refractivity (Wildman–Crippen MR) is 93.1 cm³/mol. The Morgan fingerprint density at radius 1 is 1.22 bits per heavy atom. The van der Waals surface area contributed by atoms with Crippen LogP contribution in [0.1, 0.15) is 31.2 Å². The number of hydrogen-bond donors (Lipinski definition) is 2. The van der Waals surface area contributed by atoms with Crippen molar-refractivity contribution in [3.63, 3.8) is 0 Å². The lowest BCUT2D eigenvalue weighted by molar-refractivity contribution is 0.414. The van der Waals surface area contributed by atoms with Crippen LogP contribution in [0.2, 0.25) is 0 Å². The van der Waals surface area contributed by atoms with Crippen LogP contribution in [0, 0.1) is 0 Å². The third-order valence-electron chi connectivity index (χ3n) is 4.19. The minimum absolute atomic E-state index is 0.564. The monoisotopic (exact) mass is 312 g/mol. The van der Waals surface area contributed by atoms with Crippen LogP contribution in [0.4, 0.5) is 11.8 Å². The summed E-state index contributed by atoms with van der Waals surface area (Å²) in [5.74, 6) is 2.48. The molecule has 0 bridgehead atoms. The van der Waals surface area contributed by atoms with Gasteiger partial charge < -0.3 is 15.4 Å². The molecule has 3 rings (SSSR count). The zero-order chi connectivity index (χ0) is 15.9. The lowest BCUT2D eigenvalue weighted by Gasteiger charge is -2.13. The van der Waals surface area contributed by atoms with Gasteiger partial charge in [-0.1, -0.05) is 25.0 Å². The predicted octanol–water partition coefficient (Wildman–Crippen LogP) is 3.49. The van der Waals surface area contributed by atoms with Crippen LogP contribution < -0.4 is 15.4 Å². The van der Waals surface area contributed by atoms with Crippen LogP contribution in [0.5, 0.6) is 5.75 Å². The maximum atomic E-state index is 5.25. The maximum Gasteiger partial charge on any atom is 0.224 e. The first-order valence-corrected chi connectivity index (χ1v) is 8.30. The largest absolute Gasteiger partial charge is 0.497 e. The van der Waals surface area contributed by atoms with Crippen LogP contribution >= 0.6 is 0 Å². The lowest BCUT2D eigenvalue weighted by atomic mass is 10.1. The summed E-state index contributed by atoms with van der Waals surface area (Å²) in [6, 6.07) is 10.6. The number of anilines is 2. The molecule has 0 spiro atoms. The van der Waals surface area contributed by atoms with E-state index in [1.165, 1.54) is 31.2 Å². The molecule has 1 aliphatic rings. The normalized spacial score (nSPS) is 14.7. The molecule has 0 radical (unpaired) electrons. The van der Waals surface area contributed by atoms with E-state index < -0.39 is 0 Å². The van der Waals surface area contributed by atoms with E-state index in [2.05, 4.69) is 32.7 Å². The Hall–Kier alpha value is -2.30. The molecule has 0 unspecified atom stereocenters. The minimum Gasteiger partial charge on any atom is -0.497 e. The Bertz CT molecular complexity index is 626. The fourth-order valence-electron chi connectivity index (χ4n) is 2.95. The highest BCUT2D eigenvalue weighted by molar-refractivity contribution is 5.40. The van der Waals surface area contributed by atoms with Gasteiger partial charge in [-0.25, -0.2) is 4.98 Å². The fourth-order valence-corrected chi connectivity index (χ4v) is 2.95. The molecule has 5 nitrogen and oxygen atoms in total. The number of nitrogens with zero attached hydrogens (tertiary/aromatic N) is 2. The molecule has 0 atom stereocenters. The van der Waals surface area contributed by atoms with Crippen LogP contribution in [0.15, 0.2) is 36.5 Å². The van der Waals surface area contributed by atoms with Crippen LogP contribution in [-0.4, -0.2) is 29.7 Å². The van der Waals surface area contributed by atoms with Crippen molar-refractivity contribution in [1.82, 2.24) is 9.97 Å². The van der Waals surface area contributed by atoms with Crippen molar-refractivity contribution >= 4 is 11.8 Å². The Balaban J connectivity index is 1.51. The van der Waals surface area contributed by atoms with Crippen molar-refractivity contribution in [2.75, 3.05) is 24.3 Å². The number of ether oxygens (including phenoxy) is 1. The number of aromatic nitrogens is 2. The van der Waals surface area contributed by atoms with Gasteiger partial charge in [-0.05, 0) is 43.0 Å². The van der Waals surface area contributed by atoms with Gasteiger partial charge in [-0.15, -0.1) is 0 Å². The SMILES string of the molecule is COc1cccc(CCNc2nccc(NC3CCCC3)n2)c1. The Morgan fingerprint density at radius 3 is 2.91 bits per heavy atom. The third-order valence-corrected chi connectivity index (χ3v) is 4.19. The van der Waals surface area contributed by atoms with Crippen LogP contribution in [-0.2, 0) is 6.42 Å². The summed E-state index contributed by atoms with van der Waals surface area (Å²) >= 11 is 0. The summed E-state index contributed by atoms with van der Waals surface area (Å²) in [4.78, 5) is 8.84. The molecule has 0 saturated heterocycles. The highest BCUT2D eigenvalue weighted by atomic mass is 16.5. The van der Waals surface area contributed by atoms with Crippen molar-refractivity contribution in [3.05, 3.63) is 42.1 Å². The number of hydrogen-bond acceptors (Lipinski definition) is 5. The van der Waals surface area contributed by atoms with Gasteiger partial charge in [0.1, 0.15) is 11.6 Å². The summed E-state index contributed by atoms with van der Waals surface area (Å²) in [7, 11) is 1.69. The summed E-state index contributed by atoms with van der Waals surface area (Å²) in [6.45, 7) is 0.792. The number of rotatable bonds is 7. The molecule has 0 aliphatic heterocycles. The molecule has 1 aromatic carbocycles. The van der Waals surface area contributed by atoms with E-state index in [0.717, 1.165) is 24.5 Å². The van der Waals surface area contributed by atoms with Crippen molar-refractivity contribution < 1.29 is 4.74 Å². The van der Waals surface area contributed by atoms with Gasteiger partial charge in [0.05, 0.1) is 7.11 Å². The minimum atomic E-state index is 0.564. The van der Waals surface area contributed by atoms with Crippen molar-refractivity contribution in [2.45, 2.75) is 38.1 Å². The Labute approximate surface area is 137 Å². The van der Waals surface area contributed by atoms with Gasteiger partial charge in [0.15, 0.2) is 0 Å². The summed E-state index contributed by atoms with van der Waals surface area (Å²) in [5, 5.41) is 6.79. The highest BCUT2D eigenvalue weighted by Crippen LogP contribution is 2.21. The first kappa shape index (κ1) is 15.6. The third kappa shape index (κ3) is 4.58. The molecule has 2 aromatic rings. The van der Waals surface area contributed by atoms with Crippen molar-refractivity contribution in [3.8, 4) is 5.75 Å². The van der Waals surface area contributed by atoms with E-state index in [4.69, 9.17) is 4.74 Å². The highest BCUT2D eigenvalue weighted by Gasteiger charge is 2.14. The molecule has 23 heavy (non-hydrogen) atoms. The molecular formula is C18H24N4O. The number of benzene rings is 1. The molecule has 2 N–H and O–H groups in total. The van der Waals surface area contributed by atoms with Crippen molar-refractivity contribution in [1.29, 1.82) is 0 Å². The smallest absolute Gasteiger partial charge is 0.224 e. The Kier molecular flexibility index (Phi) is 5.29. The van der Waals surface area contributed by atoms with Gasteiger partial charge >= 0.3 is 0 Å². The zero-order valence-corrected chi connectivity index (χ0v) is 13.6. The number of methoxy groups -OCH3 is 1. The van der Waals surface area contributed by atoms with E-state index >= 15 is 0 Å². The topological polar surface area (TPSA) is 59.1 Å². The fraction of sp³-hybridized carbons (Fsp3) is 0.444. The molecular weight excluding hydrogens is 288 g/mol.